The van der Waals surface area contributed by atoms with Crippen LogP contribution in [0.4, 0.5) is 4.39 Å². The highest BCUT2D eigenvalue weighted by Gasteiger charge is 2.15. The maximum absolute atomic E-state index is 13.4. The normalized spacial score (nSPS) is 11.0. The molecule has 0 fully saturated rings. The first-order valence-corrected chi connectivity index (χ1v) is 9.07. The van der Waals surface area contributed by atoms with E-state index in [9.17, 15) is 14.0 Å². The second-order valence-electron chi connectivity index (χ2n) is 6.13. The number of aryl methyl sites for hydroxylation is 1. The number of rotatable bonds is 4. The van der Waals surface area contributed by atoms with Crippen LogP contribution in [0.25, 0.3) is 20.7 Å². The quantitative estimate of drug-likeness (QED) is 0.505. The molecule has 4 aromatic rings. The lowest BCUT2D eigenvalue weighted by Gasteiger charge is -2.04. The molecule has 0 aliphatic carbocycles. The molecule has 0 aliphatic rings. The third kappa shape index (κ3) is 3.29. The summed E-state index contributed by atoms with van der Waals surface area (Å²) in [5.74, 6) is -0.705. The molecule has 0 saturated heterocycles. The zero-order chi connectivity index (χ0) is 19.0. The second-order valence-corrected chi connectivity index (χ2v) is 7.17. The summed E-state index contributed by atoms with van der Waals surface area (Å²) in [7, 11) is 0. The topological polar surface area (TPSA) is 64.8 Å². The summed E-state index contributed by atoms with van der Waals surface area (Å²) in [6.45, 7) is 1.34. The molecule has 4 rings (SSSR count). The SMILES string of the molecule is Cc1cc(C(=O)Cn2nnc3sc(-c4ccccc4)cc3c2=O)ccc1F. The molecule has 0 atom stereocenters. The Bertz CT molecular complexity index is 1220. The van der Waals surface area contributed by atoms with Crippen molar-refractivity contribution in [1.29, 1.82) is 0 Å². The zero-order valence-electron chi connectivity index (χ0n) is 14.3. The summed E-state index contributed by atoms with van der Waals surface area (Å²) in [4.78, 5) is 26.6. The Hall–Kier alpha value is -3.19. The van der Waals surface area contributed by atoms with Crippen LogP contribution in [-0.4, -0.2) is 20.8 Å². The van der Waals surface area contributed by atoms with Gasteiger partial charge in [-0.2, -0.15) is 0 Å². The molecule has 0 spiro atoms. The third-order valence-electron chi connectivity index (χ3n) is 4.25. The van der Waals surface area contributed by atoms with Crippen LogP contribution in [0.3, 0.4) is 0 Å². The van der Waals surface area contributed by atoms with Gasteiger partial charge in [0, 0.05) is 10.4 Å². The molecule has 27 heavy (non-hydrogen) atoms. The Morgan fingerprint density at radius 1 is 1.15 bits per heavy atom. The molecule has 7 heteroatoms. The average Bonchev–Trinajstić information content (AvgIpc) is 3.12. The van der Waals surface area contributed by atoms with Crippen molar-refractivity contribution in [2.45, 2.75) is 13.5 Å². The summed E-state index contributed by atoms with van der Waals surface area (Å²) in [5, 5.41) is 8.40. The van der Waals surface area contributed by atoms with Gasteiger partial charge in [-0.15, -0.1) is 16.4 Å². The summed E-state index contributed by atoms with van der Waals surface area (Å²) in [5.41, 5.74) is 1.33. The number of halogens is 1. The monoisotopic (exact) mass is 379 g/mol. The maximum atomic E-state index is 13.4. The summed E-state index contributed by atoms with van der Waals surface area (Å²) in [6.07, 6.45) is 0. The van der Waals surface area contributed by atoms with E-state index < -0.39 is 0 Å². The van der Waals surface area contributed by atoms with Crippen molar-refractivity contribution in [2.75, 3.05) is 0 Å². The molecular formula is C20H14FN3O2S. The number of aromatic nitrogens is 3. The highest BCUT2D eigenvalue weighted by molar-refractivity contribution is 7.21. The van der Waals surface area contributed by atoms with Gasteiger partial charge in [0.05, 0.1) is 5.39 Å². The van der Waals surface area contributed by atoms with Crippen molar-refractivity contribution >= 4 is 27.3 Å². The first-order valence-electron chi connectivity index (χ1n) is 8.25. The molecule has 0 radical (unpaired) electrons. The van der Waals surface area contributed by atoms with E-state index in [1.54, 1.807) is 13.0 Å². The maximum Gasteiger partial charge on any atom is 0.278 e. The van der Waals surface area contributed by atoms with Crippen molar-refractivity contribution in [3.05, 3.63) is 81.9 Å². The molecule has 0 aliphatic heterocycles. The van der Waals surface area contributed by atoms with Gasteiger partial charge in [0.1, 0.15) is 12.4 Å². The molecule has 134 valence electrons. The largest absolute Gasteiger partial charge is 0.292 e. The van der Waals surface area contributed by atoms with E-state index >= 15 is 0 Å². The summed E-state index contributed by atoms with van der Waals surface area (Å²) >= 11 is 1.38. The van der Waals surface area contributed by atoms with Crippen LogP contribution < -0.4 is 5.56 Å². The van der Waals surface area contributed by atoms with Crippen molar-refractivity contribution in [3.8, 4) is 10.4 Å². The molecule has 2 aromatic carbocycles. The van der Waals surface area contributed by atoms with Gasteiger partial charge in [-0.05, 0) is 42.3 Å². The van der Waals surface area contributed by atoms with E-state index in [1.807, 2.05) is 30.3 Å². The lowest BCUT2D eigenvalue weighted by Crippen LogP contribution is -2.27. The van der Waals surface area contributed by atoms with E-state index in [0.717, 1.165) is 15.1 Å². The molecule has 5 nitrogen and oxygen atoms in total. The fourth-order valence-electron chi connectivity index (χ4n) is 2.78. The van der Waals surface area contributed by atoms with Gasteiger partial charge < -0.3 is 0 Å². The number of carbonyl (C=O) groups excluding carboxylic acids is 1. The highest BCUT2D eigenvalue weighted by atomic mass is 32.1. The van der Waals surface area contributed by atoms with Crippen LogP contribution >= 0.6 is 11.3 Å². The van der Waals surface area contributed by atoms with Crippen molar-refractivity contribution in [2.24, 2.45) is 0 Å². The first-order chi connectivity index (χ1) is 13.0. The Labute approximate surface area is 157 Å². The molecule has 0 saturated carbocycles. The van der Waals surface area contributed by atoms with Crippen LogP contribution in [0, 0.1) is 12.7 Å². The Morgan fingerprint density at radius 2 is 1.93 bits per heavy atom. The number of hydrogen-bond donors (Lipinski definition) is 0. The van der Waals surface area contributed by atoms with Crippen LogP contribution in [0.15, 0.2) is 59.4 Å². The van der Waals surface area contributed by atoms with Crippen LogP contribution in [0.5, 0.6) is 0 Å². The van der Waals surface area contributed by atoms with Gasteiger partial charge in [-0.25, -0.2) is 9.07 Å². The molecule has 0 unspecified atom stereocenters. The molecule has 0 amide bonds. The van der Waals surface area contributed by atoms with Gasteiger partial charge in [0.25, 0.3) is 5.56 Å². The molecule has 2 heterocycles. The fraction of sp³-hybridized carbons (Fsp3) is 0.100. The van der Waals surface area contributed by atoms with Crippen molar-refractivity contribution < 1.29 is 9.18 Å². The molecule has 0 N–H and O–H groups in total. The number of Topliss-reactive ketones (excluding diaryl/α,β-unsaturated/α-hetero) is 1. The average molecular weight is 379 g/mol. The number of thiophene rings is 1. The predicted octanol–water partition coefficient (Wildman–Crippen LogP) is 3.85. The van der Waals surface area contributed by atoms with Gasteiger partial charge >= 0.3 is 0 Å². The number of fused-ring (bicyclic) bond motifs is 1. The van der Waals surface area contributed by atoms with Crippen LogP contribution in [0.1, 0.15) is 15.9 Å². The van der Waals surface area contributed by atoms with Gasteiger partial charge in [-0.1, -0.05) is 35.5 Å². The van der Waals surface area contributed by atoms with Crippen LogP contribution in [0.2, 0.25) is 0 Å². The standard InChI is InChI=1S/C20H14FN3O2S/c1-12-9-14(7-8-16(12)21)17(25)11-24-20(26)15-10-18(27-19(15)22-23-24)13-5-3-2-4-6-13/h2-10H,11H2,1H3. The predicted molar refractivity (Wildman–Crippen MR) is 103 cm³/mol. The van der Waals surface area contributed by atoms with Gasteiger partial charge in [0.2, 0.25) is 0 Å². The third-order valence-corrected chi connectivity index (χ3v) is 5.32. The minimum atomic E-state index is -0.378. The fourth-order valence-corrected chi connectivity index (χ4v) is 3.75. The van der Waals surface area contributed by atoms with Crippen molar-refractivity contribution in [1.82, 2.24) is 15.0 Å². The second kappa shape index (κ2) is 6.85. The van der Waals surface area contributed by atoms with E-state index in [2.05, 4.69) is 10.3 Å². The summed E-state index contributed by atoms with van der Waals surface area (Å²) < 4.78 is 14.4. The van der Waals surface area contributed by atoms with E-state index in [1.165, 1.54) is 29.5 Å². The van der Waals surface area contributed by atoms with Crippen LogP contribution in [-0.2, 0) is 6.54 Å². The number of hydrogen-bond acceptors (Lipinski definition) is 5. The molecule has 0 bridgehead atoms. The van der Waals surface area contributed by atoms with E-state index in [0.29, 0.717) is 21.3 Å². The van der Waals surface area contributed by atoms with E-state index in [4.69, 9.17) is 0 Å². The zero-order valence-corrected chi connectivity index (χ0v) is 15.2. The summed E-state index contributed by atoms with van der Waals surface area (Å²) in [6, 6.07) is 15.6. The Balaban J connectivity index is 1.68. The Morgan fingerprint density at radius 3 is 2.67 bits per heavy atom. The molecular weight excluding hydrogens is 365 g/mol. The first kappa shape index (κ1) is 17.2. The molecule has 2 aromatic heterocycles. The minimum absolute atomic E-state index is 0.247. The Kier molecular flexibility index (Phi) is 4.37. The van der Waals surface area contributed by atoms with Gasteiger partial charge in [-0.3, -0.25) is 9.59 Å². The van der Waals surface area contributed by atoms with Crippen molar-refractivity contribution in [3.63, 3.8) is 0 Å². The van der Waals surface area contributed by atoms with E-state index in [-0.39, 0.29) is 23.7 Å². The number of ketones is 1. The highest BCUT2D eigenvalue weighted by Crippen LogP contribution is 2.30. The minimum Gasteiger partial charge on any atom is -0.292 e. The van der Waals surface area contributed by atoms with Gasteiger partial charge in [0.15, 0.2) is 10.6 Å². The lowest BCUT2D eigenvalue weighted by molar-refractivity contribution is 0.0964. The number of carbonyl (C=O) groups is 1. The number of nitrogens with zero attached hydrogens (tertiary/aromatic N) is 3. The number of benzene rings is 2. The lowest BCUT2D eigenvalue weighted by atomic mass is 10.1. The smallest absolute Gasteiger partial charge is 0.278 e.